The Morgan fingerprint density at radius 3 is 2.30 bits per heavy atom. The van der Waals surface area contributed by atoms with Gasteiger partial charge in [0.2, 0.25) is 0 Å². The second-order valence-electron chi connectivity index (χ2n) is 3.36. The first-order chi connectivity index (χ1) is 4.64. The molecule has 0 radical (unpaired) electrons. The molecule has 1 rings (SSSR count). The fraction of sp³-hybridized carbons (Fsp3) is 1.00. The summed E-state index contributed by atoms with van der Waals surface area (Å²) in [6, 6.07) is 0. The molecule has 0 saturated heterocycles. The SMILES string of the molecule is CCC1C(CCO)C1(C)O. The molecule has 1 fully saturated rings. The van der Waals surface area contributed by atoms with Crippen LogP contribution in [-0.2, 0) is 0 Å². The summed E-state index contributed by atoms with van der Waals surface area (Å²) in [7, 11) is 0. The summed E-state index contributed by atoms with van der Waals surface area (Å²) in [5.74, 6) is 0.780. The molecule has 3 unspecified atom stereocenters. The van der Waals surface area contributed by atoms with Gasteiger partial charge in [-0.3, -0.25) is 0 Å². The molecule has 0 heterocycles. The van der Waals surface area contributed by atoms with Crippen molar-refractivity contribution in [2.75, 3.05) is 6.61 Å². The zero-order valence-electron chi connectivity index (χ0n) is 6.67. The number of aliphatic hydroxyl groups is 2. The lowest BCUT2D eigenvalue weighted by Gasteiger charge is -1.98. The Kier molecular flexibility index (Phi) is 2.02. The first kappa shape index (κ1) is 8.02. The minimum atomic E-state index is -0.475. The monoisotopic (exact) mass is 144 g/mol. The van der Waals surface area contributed by atoms with Crippen LogP contribution in [0.5, 0.6) is 0 Å². The van der Waals surface area contributed by atoms with Crippen molar-refractivity contribution < 1.29 is 10.2 Å². The lowest BCUT2D eigenvalue weighted by atomic mass is 10.2. The van der Waals surface area contributed by atoms with E-state index in [4.69, 9.17) is 5.11 Å². The Hall–Kier alpha value is -0.0800. The Bertz CT molecular complexity index is 120. The zero-order chi connectivity index (χ0) is 7.78. The van der Waals surface area contributed by atoms with E-state index in [-0.39, 0.29) is 6.61 Å². The Morgan fingerprint density at radius 1 is 1.40 bits per heavy atom. The van der Waals surface area contributed by atoms with E-state index < -0.39 is 5.60 Å². The second-order valence-corrected chi connectivity index (χ2v) is 3.36. The quantitative estimate of drug-likeness (QED) is 0.614. The van der Waals surface area contributed by atoms with E-state index in [1.165, 1.54) is 0 Å². The minimum Gasteiger partial charge on any atom is -0.396 e. The average molecular weight is 144 g/mol. The number of hydrogen-bond acceptors (Lipinski definition) is 2. The minimum absolute atomic E-state index is 0.206. The maximum atomic E-state index is 9.57. The molecular formula is C8H16O2. The standard InChI is InChI=1S/C8H16O2/c1-3-6-7(4-5-9)8(6,2)10/h6-7,9-10H,3-5H2,1-2H3. The number of hydrogen-bond donors (Lipinski definition) is 2. The van der Waals surface area contributed by atoms with Gasteiger partial charge in [0.15, 0.2) is 0 Å². The number of aliphatic hydroxyl groups excluding tert-OH is 1. The van der Waals surface area contributed by atoms with Crippen LogP contribution >= 0.6 is 0 Å². The van der Waals surface area contributed by atoms with Gasteiger partial charge < -0.3 is 10.2 Å². The molecule has 2 N–H and O–H groups in total. The average Bonchev–Trinajstić information content (AvgIpc) is 2.36. The van der Waals surface area contributed by atoms with Gasteiger partial charge in [-0.2, -0.15) is 0 Å². The van der Waals surface area contributed by atoms with Crippen molar-refractivity contribution in [1.29, 1.82) is 0 Å². The first-order valence-corrected chi connectivity index (χ1v) is 3.97. The van der Waals surface area contributed by atoms with Gasteiger partial charge in [-0.15, -0.1) is 0 Å². The maximum absolute atomic E-state index is 9.57. The van der Waals surface area contributed by atoms with E-state index in [1.807, 2.05) is 6.92 Å². The molecule has 0 spiro atoms. The molecule has 10 heavy (non-hydrogen) atoms. The fourth-order valence-electron chi connectivity index (χ4n) is 2.01. The number of rotatable bonds is 3. The van der Waals surface area contributed by atoms with Crippen molar-refractivity contribution >= 4 is 0 Å². The molecule has 2 heteroatoms. The molecule has 1 saturated carbocycles. The van der Waals surface area contributed by atoms with Crippen LogP contribution in [0.3, 0.4) is 0 Å². The van der Waals surface area contributed by atoms with Crippen LogP contribution in [0.25, 0.3) is 0 Å². The van der Waals surface area contributed by atoms with Crippen molar-refractivity contribution in [3.63, 3.8) is 0 Å². The highest BCUT2D eigenvalue weighted by molar-refractivity contribution is 5.07. The van der Waals surface area contributed by atoms with Crippen LogP contribution in [0.1, 0.15) is 26.7 Å². The van der Waals surface area contributed by atoms with E-state index in [0.717, 1.165) is 12.8 Å². The van der Waals surface area contributed by atoms with Crippen LogP contribution in [-0.4, -0.2) is 22.4 Å². The molecule has 0 bridgehead atoms. The summed E-state index contributed by atoms with van der Waals surface area (Å²) in [5.41, 5.74) is -0.475. The topological polar surface area (TPSA) is 40.5 Å². The van der Waals surface area contributed by atoms with E-state index in [2.05, 4.69) is 6.92 Å². The van der Waals surface area contributed by atoms with Gasteiger partial charge in [-0.1, -0.05) is 13.3 Å². The van der Waals surface area contributed by atoms with Gasteiger partial charge in [0.05, 0.1) is 5.60 Å². The predicted octanol–water partition coefficient (Wildman–Crippen LogP) is 0.776. The molecule has 0 aromatic rings. The van der Waals surface area contributed by atoms with Crippen LogP contribution < -0.4 is 0 Å². The molecule has 1 aliphatic carbocycles. The summed E-state index contributed by atoms with van der Waals surface area (Å²) < 4.78 is 0. The van der Waals surface area contributed by atoms with E-state index in [0.29, 0.717) is 11.8 Å². The van der Waals surface area contributed by atoms with E-state index in [9.17, 15) is 5.11 Å². The lowest BCUT2D eigenvalue weighted by molar-refractivity contribution is 0.131. The molecule has 3 atom stereocenters. The zero-order valence-corrected chi connectivity index (χ0v) is 6.67. The fourth-order valence-corrected chi connectivity index (χ4v) is 2.01. The second kappa shape index (κ2) is 2.51. The summed E-state index contributed by atoms with van der Waals surface area (Å²) in [4.78, 5) is 0. The van der Waals surface area contributed by atoms with Crippen LogP contribution in [0.4, 0.5) is 0 Å². The molecule has 2 nitrogen and oxygen atoms in total. The van der Waals surface area contributed by atoms with Gasteiger partial charge in [0.1, 0.15) is 0 Å². The third-order valence-electron chi connectivity index (χ3n) is 2.76. The maximum Gasteiger partial charge on any atom is 0.0684 e. The summed E-state index contributed by atoms with van der Waals surface area (Å²) >= 11 is 0. The van der Waals surface area contributed by atoms with Crippen molar-refractivity contribution in [1.82, 2.24) is 0 Å². The van der Waals surface area contributed by atoms with Gasteiger partial charge in [-0.25, -0.2) is 0 Å². The normalized spacial score (nSPS) is 45.6. The smallest absolute Gasteiger partial charge is 0.0684 e. The largest absolute Gasteiger partial charge is 0.396 e. The summed E-state index contributed by atoms with van der Waals surface area (Å²) in [6.07, 6.45) is 1.78. The highest BCUT2D eigenvalue weighted by atomic mass is 16.3. The highest BCUT2D eigenvalue weighted by Gasteiger charge is 2.58. The summed E-state index contributed by atoms with van der Waals surface area (Å²) in [5, 5.41) is 18.2. The van der Waals surface area contributed by atoms with E-state index >= 15 is 0 Å². The van der Waals surface area contributed by atoms with Gasteiger partial charge in [-0.05, 0) is 25.2 Å². The van der Waals surface area contributed by atoms with Gasteiger partial charge >= 0.3 is 0 Å². The predicted molar refractivity (Wildman–Crippen MR) is 39.6 cm³/mol. The third-order valence-corrected chi connectivity index (χ3v) is 2.76. The Morgan fingerprint density at radius 2 is 2.00 bits per heavy atom. The summed E-state index contributed by atoms with van der Waals surface area (Å²) in [6.45, 7) is 4.15. The van der Waals surface area contributed by atoms with Gasteiger partial charge in [0, 0.05) is 6.61 Å². The van der Waals surface area contributed by atoms with Gasteiger partial charge in [0.25, 0.3) is 0 Å². The highest BCUT2D eigenvalue weighted by Crippen LogP contribution is 2.53. The van der Waals surface area contributed by atoms with Crippen molar-refractivity contribution in [2.24, 2.45) is 11.8 Å². The molecule has 0 amide bonds. The van der Waals surface area contributed by atoms with Crippen molar-refractivity contribution in [3.05, 3.63) is 0 Å². The van der Waals surface area contributed by atoms with Crippen LogP contribution in [0, 0.1) is 11.8 Å². The molecule has 0 aliphatic heterocycles. The Labute approximate surface area is 61.9 Å². The van der Waals surface area contributed by atoms with Crippen molar-refractivity contribution in [2.45, 2.75) is 32.3 Å². The molecule has 0 aromatic carbocycles. The molecular weight excluding hydrogens is 128 g/mol. The van der Waals surface area contributed by atoms with Crippen LogP contribution in [0.15, 0.2) is 0 Å². The Balaban J connectivity index is 2.37. The molecule has 60 valence electrons. The third kappa shape index (κ3) is 1.06. The van der Waals surface area contributed by atoms with Crippen molar-refractivity contribution in [3.8, 4) is 0 Å². The van der Waals surface area contributed by atoms with E-state index in [1.54, 1.807) is 0 Å². The lowest BCUT2D eigenvalue weighted by Crippen LogP contribution is -2.06. The molecule has 1 aliphatic rings. The van der Waals surface area contributed by atoms with Crippen LogP contribution in [0.2, 0.25) is 0 Å². The first-order valence-electron chi connectivity index (χ1n) is 3.97. The molecule has 0 aromatic heterocycles.